The molecule has 0 saturated heterocycles. The summed E-state index contributed by atoms with van der Waals surface area (Å²) in [6, 6.07) is 26.8. The number of nitrogens with one attached hydrogen (secondary N) is 1. The number of amides is 1. The Morgan fingerprint density at radius 3 is 2.17 bits per heavy atom. The number of carbonyl (C=O) groups is 2. The van der Waals surface area contributed by atoms with Gasteiger partial charge >= 0.3 is 0 Å². The lowest BCUT2D eigenvalue weighted by Gasteiger charge is -2.18. The minimum absolute atomic E-state index is 0.0886. The van der Waals surface area contributed by atoms with Gasteiger partial charge in [0.1, 0.15) is 0 Å². The average Bonchev–Trinajstić information content (AvgIpc) is 3.13. The van der Waals surface area contributed by atoms with E-state index in [1.165, 1.54) is 6.92 Å². The smallest absolute Gasteiger partial charge is 0.262 e. The summed E-state index contributed by atoms with van der Waals surface area (Å²) in [7, 11) is 0. The number of benzene rings is 3. The van der Waals surface area contributed by atoms with Crippen LogP contribution in [-0.2, 0) is 11.2 Å². The van der Waals surface area contributed by atoms with Crippen LogP contribution in [0.1, 0.15) is 34.5 Å². The van der Waals surface area contributed by atoms with Gasteiger partial charge in [-0.05, 0) is 30.2 Å². The minimum Gasteiger partial charge on any atom is -0.349 e. The zero-order valence-electron chi connectivity index (χ0n) is 16.2. The maximum absolute atomic E-state index is 13.2. The van der Waals surface area contributed by atoms with Crippen LogP contribution in [0.25, 0.3) is 10.9 Å². The van der Waals surface area contributed by atoms with Gasteiger partial charge in [0.25, 0.3) is 5.91 Å². The molecule has 0 aliphatic carbocycles. The lowest BCUT2D eigenvalue weighted by atomic mass is 9.98. The maximum Gasteiger partial charge on any atom is 0.262 e. The Morgan fingerprint density at radius 2 is 1.48 bits per heavy atom. The number of rotatable bonds is 5. The number of para-hydroxylation sites is 1. The van der Waals surface area contributed by atoms with Gasteiger partial charge in [0.05, 0.1) is 11.6 Å². The molecule has 144 valence electrons. The van der Waals surface area contributed by atoms with Gasteiger partial charge in [-0.25, -0.2) is 0 Å². The molecular formula is C25H22N2O2. The highest BCUT2D eigenvalue weighted by Gasteiger charge is 2.22. The van der Waals surface area contributed by atoms with E-state index in [1.807, 2.05) is 91.1 Å². The fourth-order valence-electron chi connectivity index (χ4n) is 3.71. The summed E-state index contributed by atoms with van der Waals surface area (Å²) in [6.45, 7) is 1.52. The molecule has 1 atom stereocenters. The Morgan fingerprint density at radius 1 is 0.862 bits per heavy atom. The zero-order valence-corrected chi connectivity index (χ0v) is 16.2. The molecule has 0 fully saturated rings. The predicted octanol–water partition coefficient (Wildman–Crippen LogP) is 4.75. The SMILES string of the molecule is CC(=O)NC(Cc1ccccc1)c1cn(C(=O)c2ccccc2)c2ccccc12. The highest BCUT2D eigenvalue weighted by Crippen LogP contribution is 2.29. The first-order valence-electron chi connectivity index (χ1n) is 9.64. The number of hydrogen-bond donors (Lipinski definition) is 1. The molecule has 4 heteroatoms. The van der Waals surface area contributed by atoms with E-state index >= 15 is 0 Å². The van der Waals surface area contributed by atoms with E-state index in [1.54, 1.807) is 4.57 Å². The van der Waals surface area contributed by atoms with Crippen LogP contribution >= 0.6 is 0 Å². The fraction of sp³-hybridized carbons (Fsp3) is 0.120. The first kappa shape index (κ1) is 18.7. The van der Waals surface area contributed by atoms with Crippen LogP contribution in [0.4, 0.5) is 0 Å². The molecular weight excluding hydrogens is 360 g/mol. The molecule has 0 saturated carbocycles. The predicted molar refractivity (Wildman–Crippen MR) is 115 cm³/mol. The lowest BCUT2D eigenvalue weighted by molar-refractivity contribution is -0.119. The largest absolute Gasteiger partial charge is 0.349 e. The Bertz CT molecular complexity index is 1150. The lowest BCUT2D eigenvalue weighted by Crippen LogP contribution is -2.27. The maximum atomic E-state index is 13.2. The molecule has 4 aromatic rings. The molecule has 0 spiro atoms. The summed E-state index contributed by atoms with van der Waals surface area (Å²) in [5.74, 6) is -0.188. The summed E-state index contributed by atoms with van der Waals surface area (Å²) in [6.07, 6.45) is 2.51. The summed E-state index contributed by atoms with van der Waals surface area (Å²) in [4.78, 5) is 25.1. The van der Waals surface area contributed by atoms with Crippen LogP contribution in [-0.4, -0.2) is 16.4 Å². The van der Waals surface area contributed by atoms with Crippen LogP contribution in [0.5, 0.6) is 0 Å². The average molecular weight is 382 g/mol. The third kappa shape index (κ3) is 3.97. The van der Waals surface area contributed by atoms with Gasteiger partial charge in [-0.3, -0.25) is 14.2 Å². The minimum atomic E-state index is -0.232. The number of carbonyl (C=O) groups excluding carboxylic acids is 2. The monoisotopic (exact) mass is 382 g/mol. The Hall–Kier alpha value is -3.66. The van der Waals surface area contributed by atoms with E-state index in [4.69, 9.17) is 0 Å². The van der Waals surface area contributed by atoms with Crippen molar-refractivity contribution in [3.05, 3.63) is 108 Å². The van der Waals surface area contributed by atoms with E-state index in [0.717, 1.165) is 22.0 Å². The molecule has 1 aromatic heterocycles. The van der Waals surface area contributed by atoms with Crippen molar-refractivity contribution < 1.29 is 9.59 Å². The third-order valence-corrected chi connectivity index (χ3v) is 5.02. The van der Waals surface area contributed by atoms with Gasteiger partial charge in [0, 0.05) is 29.6 Å². The molecule has 0 aliphatic rings. The summed E-state index contributed by atoms with van der Waals surface area (Å²) in [5.41, 5.74) is 3.51. The molecule has 1 N–H and O–H groups in total. The van der Waals surface area contributed by atoms with Crippen LogP contribution in [0, 0.1) is 0 Å². The van der Waals surface area contributed by atoms with Crippen molar-refractivity contribution in [2.24, 2.45) is 0 Å². The second-order valence-electron chi connectivity index (χ2n) is 7.09. The van der Waals surface area contributed by atoms with Crippen molar-refractivity contribution in [2.75, 3.05) is 0 Å². The Kier molecular flexibility index (Phi) is 5.25. The van der Waals surface area contributed by atoms with E-state index in [9.17, 15) is 9.59 Å². The quantitative estimate of drug-likeness (QED) is 0.542. The number of nitrogens with zero attached hydrogens (tertiary/aromatic N) is 1. The number of aromatic nitrogens is 1. The fourth-order valence-corrected chi connectivity index (χ4v) is 3.71. The molecule has 1 amide bonds. The molecule has 4 nitrogen and oxygen atoms in total. The van der Waals surface area contributed by atoms with Crippen LogP contribution < -0.4 is 5.32 Å². The van der Waals surface area contributed by atoms with Crippen molar-refractivity contribution in [3.8, 4) is 0 Å². The van der Waals surface area contributed by atoms with Gasteiger partial charge in [0.15, 0.2) is 0 Å². The molecule has 0 radical (unpaired) electrons. The second-order valence-corrected chi connectivity index (χ2v) is 7.09. The summed E-state index contributed by atoms with van der Waals surface area (Å²) >= 11 is 0. The summed E-state index contributed by atoms with van der Waals surface area (Å²) in [5, 5.41) is 4.03. The van der Waals surface area contributed by atoms with Crippen molar-refractivity contribution in [1.29, 1.82) is 0 Å². The molecule has 1 unspecified atom stereocenters. The van der Waals surface area contributed by atoms with E-state index in [-0.39, 0.29) is 17.9 Å². The Balaban J connectivity index is 1.81. The molecule has 4 rings (SSSR count). The first-order chi connectivity index (χ1) is 14.1. The van der Waals surface area contributed by atoms with E-state index < -0.39 is 0 Å². The zero-order chi connectivity index (χ0) is 20.2. The Labute approximate surface area is 169 Å². The van der Waals surface area contributed by atoms with Crippen molar-refractivity contribution in [2.45, 2.75) is 19.4 Å². The van der Waals surface area contributed by atoms with Gasteiger partial charge in [0.2, 0.25) is 5.91 Å². The first-order valence-corrected chi connectivity index (χ1v) is 9.64. The molecule has 0 bridgehead atoms. The number of hydrogen-bond acceptors (Lipinski definition) is 2. The normalized spacial score (nSPS) is 11.9. The van der Waals surface area contributed by atoms with Crippen LogP contribution in [0.2, 0.25) is 0 Å². The topological polar surface area (TPSA) is 51.1 Å². The molecule has 3 aromatic carbocycles. The van der Waals surface area contributed by atoms with Crippen molar-refractivity contribution in [1.82, 2.24) is 9.88 Å². The van der Waals surface area contributed by atoms with Crippen LogP contribution in [0.3, 0.4) is 0 Å². The standard InChI is InChI=1S/C25H22N2O2/c1-18(28)26-23(16-19-10-4-2-5-11-19)22-17-27(24-15-9-8-14-21(22)24)25(29)20-12-6-3-7-13-20/h2-15,17,23H,16H2,1H3,(H,26,28). The van der Waals surface area contributed by atoms with Gasteiger partial charge < -0.3 is 5.32 Å². The van der Waals surface area contributed by atoms with E-state index in [0.29, 0.717) is 12.0 Å². The summed E-state index contributed by atoms with van der Waals surface area (Å²) < 4.78 is 1.68. The molecule has 1 heterocycles. The van der Waals surface area contributed by atoms with Gasteiger partial charge in [-0.1, -0.05) is 66.7 Å². The molecule has 0 aliphatic heterocycles. The highest BCUT2D eigenvalue weighted by atomic mass is 16.2. The van der Waals surface area contributed by atoms with Gasteiger partial charge in [-0.15, -0.1) is 0 Å². The molecule has 29 heavy (non-hydrogen) atoms. The van der Waals surface area contributed by atoms with Gasteiger partial charge in [-0.2, -0.15) is 0 Å². The van der Waals surface area contributed by atoms with E-state index in [2.05, 4.69) is 5.32 Å². The highest BCUT2D eigenvalue weighted by molar-refractivity contribution is 6.03. The third-order valence-electron chi connectivity index (χ3n) is 5.02. The van der Waals surface area contributed by atoms with Crippen molar-refractivity contribution in [3.63, 3.8) is 0 Å². The second kappa shape index (κ2) is 8.15. The van der Waals surface area contributed by atoms with Crippen molar-refractivity contribution >= 4 is 22.7 Å². The van der Waals surface area contributed by atoms with Crippen LogP contribution in [0.15, 0.2) is 91.1 Å². The number of fused-ring (bicyclic) bond motifs is 1.